The molecule has 2 aromatic carbocycles. The summed E-state index contributed by atoms with van der Waals surface area (Å²) in [5, 5.41) is 11.0. The SMILES string of the molecule is COc1cc2c(cc1N1C(=O)c3cc(C(C)(C)C)ccc3C1O)CCCCC2. The maximum absolute atomic E-state index is 13.3. The number of fused-ring (bicyclic) bond motifs is 2. The molecular weight excluding hydrogens is 350 g/mol. The van der Waals surface area contributed by atoms with Crippen LogP contribution in [0.25, 0.3) is 0 Å². The molecule has 4 heteroatoms. The van der Waals surface area contributed by atoms with Gasteiger partial charge in [0.05, 0.1) is 12.8 Å². The van der Waals surface area contributed by atoms with Crippen LogP contribution < -0.4 is 9.64 Å². The second-order valence-electron chi connectivity index (χ2n) is 8.95. The predicted molar refractivity (Wildman–Crippen MR) is 111 cm³/mol. The van der Waals surface area contributed by atoms with Gasteiger partial charge in [-0.1, -0.05) is 39.3 Å². The zero-order valence-corrected chi connectivity index (χ0v) is 17.2. The van der Waals surface area contributed by atoms with Crippen molar-refractivity contribution in [1.82, 2.24) is 0 Å². The summed E-state index contributed by atoms with van der Waals surface area (Å²) in [4.78, 5) is 14.8. The molecule has 4 rings (SSSR count). The van der Waals surface area contributed by atoms with Crippen molar-refractivity contribution in [1.29, 1.82) is 0 Å². The molecule has 0 saturated heterocycles. The highest BCUT2D eigenvalue weighted by Gasteiger charge is 2.39. The highest BCUT2D eigenvalue weighted by atomic mass is 16.5. The van der Waals surface area contributed by atoms with Gasteiger partial charge in [0, 0.05) is 11.1 Å². The molecule has 1 heterocycles. The summed E-state index contributed by atoms with van der Waals surface area (Å²) >= 11 is 0. The highest BCUT2D eigenvalue weighted by Crippen LogP contribution is 2.43. The largest absolute Gasteiger partial charge is 0.495 e. The number of carbonyl (C=O) groups excluding carboxylic acids is 1. The Bertz CT molecular complexity index is 926. The number of rotatable bonds is 2. The minimum Gasteiger partial charge on any atom is -0.495 e. The Morgan fingerprint density at radius 3 is 2.36 bits per heavy atom. The molecule has 0 bridgehead atoms. The van der Waals surface area contributed by atoms with Crippen molar-refractivity contribution < 1.29 is 14.6 Å². The standard InChI is InChI=1S/C24H29NO3/c1-24(2,3)17-10-11-18-19(14-17)23(27)25(22(18)26)20-12-15-8-6-5-7-9-16(15)13-21(20)28-4/h10-14,22,26H,5-9H2,1-4H3. The lowest BCUT2D eigenvalue weighted by molar-refractivity contribution is 0.0934. The first-order valence-electron chi connectivity index (χ1n) is 10.2. The Kier molecular flexibility index (Phi) is 4.70. The first-order valence-corrected chi connectivity index (χ1v) is 10.2. The fourth-order valence-corrected chi connectivity index (χ4v) is 4.33. The van der Waals surface area contributed by atoms with Crippen molar-refractivity contribution in [2.24, 2.45) is 0 Å². The van der Waals surface area contributed by atoms with Crippen LogP contribution >= 0.6 is 0 Å². The lowest BCUT2D eigenvalue weighted by atomic mass is 9.85. The molecule has 0 aromatic heterocycles. The number of nitrogens with zero attached hydrogens (tertiary/aromatic N) is 1. The molecule has 2 aromatic rings. The second kappa shape index (κ2) is 6.93. The summed E-state index contributed by atoms with van der Waals surface area (Å²) < 4.78 is 5.63. The predicted octanol–water partition coefficient (Wildman–Crippen LogP) is 4.91. The fraction of sp³-hybridized carbons (Fsp3) is 0.458. The van der Waals surface area contributed by atoms with Crippen LogP contribution in [0.3, 0.4) is 0 Å². The van der Waals surface area contributed by atoms with Crippen LogP contribution in [0.2, 0.25) is 0 Å². The number of methoxy groups -OCH3 is 1. The molecule has 2 aliphatic rings. The van der Waals surface area contributed by atoms with E-state index in [1.807, 2.05) is 18.2 Å². The van der Waals surface area contributed by atoms with Gasteiger partial charge < -0.3 is 9.84 Å². The Hall–Kier alpha value is -2.33. The summed E-state index contributed by atoms with van der Waals surface area (Å²) in [6.45, 7) is 6.37. The summed E-state index contributed by atoms with van der Waals surface area (Å²) in [7, 11) is 1.62. The molecule has 1 aliphatic heterocycles. The van der Waals surface area contributed by atoms with Gasteiger partial charge in [0.15, 0.2) is 6.23 Å². The van der Waals surface area contributed by atoms with E-state index >= 15 is 0 Å². The lowest BCUT2D eigenvalue weighted by Gasteiger charge is -2.25. The van der Waals surface area contributed by atoms with Crippen LogP contribution in [0.5, 0.6) is 5.75 Å². The molecule has 1 aliphatic carbocycles. The number of amides is 1. The van der Waals surface area contributed by atoms with Gasteiger partial charge in [0.25, 0.3) is 5.91 Å². The average Bonchev–Trinajstić information content (AvgIpc) is 2.80. The van der Waals surface area contributed by atoms with Gasteiger partial charge in [0.2, 0.25) is 0 Å². The van der Waals surface area contributed by atoms with Gasteiger partial charge in [-0.05, 0) is 66.0 Å². The zero-order chi connectivity index (χ0) is 20.1. The van der Waals surface area contributed by atoms with E-state index in [0.29, 0.717) is 22.6 Å². The third-order valence-corrected chi connectivity index (χ3v) is 6.04. The summed E-state index contributed by atoms with van der Waals surface area (Å²) in [6.07, 6.45) is 4.61. The number of ether oxygens (including phenoxy) is 1. The van der Waals surface area contributed by atoms with Crippen molar-refractivity contribution in [3.8, 4) is 5.75 Å². The number of aryl methyl sites for hydroxylation is 2. The lowest BCUT2D eigenvalue weighted by Crippen LogP contribution is -2.28. The quantitative estimate of drug-likeness (QED) is 0.754. The van der Waals surface area contributed by atoms with E-state index in [4.69, 9.17) is 4.74 Å². The summed E-state index contributed by atoms with van der Waals surface area (Å²) in [5.74, 6) is 0.484. The van der Waals surface area contributed by atoms with E-state index in [0.717, 1.165) is 24.8 Å². The van der Waals surface area contributed by atoms with Gasteiger partial charge >= 0.3 is 0 Å². The Labute approximate surface area is 167 Å². The van der Waals surface area contributed by atoms with Crippen molar-refractivity contribution in [2.45, 2.75) is 64.5 Å². The van der Waals surface area contributed by atoms with E-state index in [-0.39, 0.29) is 11.3 Å². The van der Waals surface area contributed by atoms with E-state index in [1.165, 1.54) is 28.9 Å². The first kappa shape index (κ1) is 19.0. The van der Waals surface area contributed by atoms with Gasteiger partial charge in [-0.2, -0.15) is 0 Å². The van der Waals surface area contributed by atoms with Gasteiger partial charge in [-0.25, -0.2) is 0 Å². The first-order chi connectivity index (χ1) is 13.3. The van der Waals surface area contributed by atoms with Crippen LogP contribution in [-0.4, -0.2) is 18.1 Å². The van der Waals surface area contributed by atoms with E-state index in [9.17, 15) is 9.90 Å². The molecule has 28 heavy (non-hydrogen) atoms. The molecule has 1 atom stereocenters. The smallest absolute Gasteiger partial charge is 0.261 e. The zero-order valence-electron chi connectivity index (χ0n) is 17.2. The maximum atomic E-state index is 13.3. The normalized spacial score (nSPS) is 19.2. The fourth-order valence-electron chi connectivity index (χ4n) is 4.33. The Morgan fingerprint density at radius 1 is 1.04 bits per heavy atom. The third-order valence-electron chi connectivity index (χ3n) is 6.04. The number of anilines is 1. The third kappa shape index (κ3) is 3.10. The van der Waals surface area contributed by atoms with Gasteiger partial charge in [-0.3, -0.25) is 9.69 Å². The maximum Gasteiger partial charge on any atom is 0.261 e. The molecule has 0 fully saturated rings. The molecular formula is C24H29NO3. The monoisotopic (exact) mass is 379 g/mol. The number of aliphatic hydroxyl groups excluding tert-OH is 1. The van der Waals surface area contributed by atoms with Crippen molar-refractivity contribution in [3.05, 3.63) is 58.1 Å². The van der Waals surface area contributed by atoms with Crippen LogP contribution in [-0.2, 0) is 18.3 Å². The number of hydrogen-bond acceptors (Lipinski definition) is 3. The molecule has 1 amide bonds. The van der Waals surface area contributed by atoms with E-state index < -0.39 is 6.23 Å². The molecule has 4 nitrogen and oxygen atoms in total. The van der Waals surface area contributed by atoms with Crippen LogP contribution in [0.4, 0.5) is 5.69 Å². The second-order valence-corrected chi connectivity index (χ2v) is 8.95. The molecule has 0 spiro atoms. The van der Waals surface area contributed by atoms with Crippen molar-refractivity contribution in [2.75, 3.05) is 12.0 Å². The van der Waals surface area contributed by atoms with Crippen molar-refractivity contribution >= 4 is 11.6 Å². The number of benzene rings is 2. The minimum absolute atomic E-state index is 0.0601. The van der Waals surface area contributed by atoms with Gasteiger partial charge in [-0.15, -0.1) is 0 Å². The van der Waals surface area contributed by atoms with E-state index in [2.05, 4.69) is 32.9 Å². The Balaban J connectivity index is 1.79. The number of aliphatic hydroxyl groups is 1. The Morgan fingerprint density at radius 2 is 1.71 bits per heavy atom. The highest BCUT2D eigenvalue weighted by molar-refractivity contribution is 6.11. The van der Waals surface area contributed by atoms with Crippen LogP contribution in [0, 0.1) is 0 Å². The van der Waals surface area contributed by atoms with Crippen molar-refractivity contribution in [3.63, 3.8) is 0 Å². The van der Waals surface area contributed by atoms with Gasteiger partial charge in [0.1, 0.15) is 5.75 Å². The average molecular weight is 380 g/mol. The van der Waals surface area contributed by atoms with Crippen LogP contribution in [0.1, 0.15) is 78.9 Å². The summed E-state index contributed by atoms with van der Waals surface area (Å²) in [5.41, 5.74) is 5.49. The minimum atomic E-state index is -0.991. The number of carbonyl (C=O) groups is 1. The summed E-state index contributed by atoms with van der Waals surface area (Å²) in [6, 6.07) is 9.93. The molecule has 0 radical (unpaired) electrons. The van der Waals surface area contributed by atoms with E-state index in [1.54, 1.807) is 7.11 Å². The molecule has 1 unspecified atom stereocenters. The van der Waals surface area contributed by atoms with Crippen LogP contribution in [0.15, 0.2) is 30.3 Å². The topological polar surface area (TPSA) is 49.8 Å². The molecule has 148 valence electrons. The molecule has 0 saturated carbocycles. The number of hydrogen-bond donors (Lipinski definition) is 1. The molecule has 1 N–H and O–H groups in total.